The first-order valence-corrected chi connectivity index (χ1v) is 4.93. The minimum atomic E-state index is -0.309. The van der Waals surface area contributed by atoms with Crippen LogP contribution in [0.15, 0.2) is 0 Å². The highest BCUT2D eigenvalue weighted by Crippen LogP contribution is 2.13. The Balaban J connectivity index is 3.85. The Morgan fingerprint density at radius 2 is 1.83 bits per heavy atom. The zero-order valence-electron chi connectivity index (χ0n) is 8.71. The maximum absolute atomic E-state index is 9.59. The fourth-order valence-corrected chi connectivity index (χ4v) is 1.23. The lowest BCUT2D eigenvalue weighted by molar-refractivity contribution is -0.0619. The van der Waals surface area contributed by atoms with Gasteiger partial charge in [0.2, 0.25) is 0 Å². The third-order valence-corrected chi connectivity index (χ3v) is 1.97. The van der Waals surface area contributed by atoms with Crippen LogP contribution >= 0.6 is 0 Å². The van der Waals surface area contributed by atoms with Gasteiger partial charge in [-0.1, -0.05) is 27.7 Å². The highest BCUT2D eigenvalue weighted by atomic mass is 16.5. The smallest absolute Gasteiger partial charge is 0.0856 e. The van der Waals surface area contributed by atoms with Crippen molar-refractivity contribution >= 4 is 0 Å². The molecule has 12 heavy (non-hydrogen) atoms. The molecule has 74 valence electrons. The van der Waals surface area contributed by atoms with Gasteiger partial charge in [-0.15, -0.1) is 0 Å². The second-order valence-electron chi connectivity index (χ2n) is 3.56. The minimum Gasteiger partial charge on any atom is -0.390 e. The highest BCUT2D eigenvalue weighted by molar-refractivity contribution is 4.70. The minimum absolute atomic E-state index is 0.00921. The largest absolute Gasteiger partial charge is 0.390 e. The summed E-state index contributed by atoms with van der Waals surface area (Å²) in [4.78, 5) is 0. The summed E-state index contributed by atoms with van der Waals surface area (Å²) in [6.45, 7) is 8.98. The standard InChI is InChI=1S/C10H22O2/c1-5-7-12-10(8(3)4)9(11)6-2/h8-11H,5-7H2,1-4H3/t9?,10-/m1/s1. The van der Waals surface area contributed by atoms with Crippen molar-refractivity contribution in [2.75, 3.05) is 6.61 Å². The predicted octanol–water partition coefficient (Wildman–Crippen LogP) is 2.21. The molecule has 0 amide bonds. The second-order valence-corrected chi connectivity index (χ2v) is 3.56. The van der Waals surface area contributed by atoms with Crippen LogP contribution in [0.3, 0.4) is 0 Å². The first-order chi connectivity index (χ1) is 5.63. The molecule has 0 heterocycles. The highest BCUT2D eigenvalue weighted by Gasteiger charge is 2.21. The maximum Gasteiger partial charge on any atom is 0.0856 e. The average Bonchev–Trinajstić information content (AvgIpc) is 2.04. The molecule has 0 saturated heterocycles. The zero-order chi connectivity index (χ0) is 9.56. The van der Waals surface area contributed by atoms with Gasteiger partial charge in [0.1, 0.15) is 0 Å². The van der Waals surface area contributed by atoms with Crippen LogP contribution in [0.5, 0.6) is 0 Å². The van der Waals surface area contributed by atoms with Crippen LogP contribution < -0.4 is 0 Å². The van der Waals surface area contributed by atoms with E-state index in [0.29, 0.717) is 5.92 Å². The number of aliphatic hydroxyl groups excluding tert-OH is 1. The van der Waals surface area contributed by atoms with Crippen LogP contribution in [0, 0.1) is 5.92 Å². The van der Waals surface area contributed by atoms with Crippen LogP contribution in [0.1, 0.15) is 40.5 Å². The second kappa shape index (κ2) is 6.44. The Hall–Kier alpha value is -0.0800. The van der Waals surface area contributed by atoms with Gasteiger partial charge in [-0.25, -0.2) is 0 Å². The van der Waals surface area contributed by atoms with Gasteiger partial charge < -0.3 is 9.84 Å². The first kappa shape index (κ1) is 11.9. The molecule has 0 saturated carbocycles. The Bertz CT molecular complexity index is 102. The number of hydrogen-bond acceptors (Lipinski definition) is 2. The lowest BCUT2D eigenvalue weighted by Crippen LogP contribution is -2.33. The van der Waals surface area contributed by atoms with Crippen molar-refractivity contribution in [1.82, 2.24) is 0 Å². The van der Waals surface area contributed by atoms with Crippen LogP contribution in [-0.2, 0) is 4.74 Å². The zero-order valence-corrected chi connectivity index (χ0v) is 8.71. The Morgan fingerprint density at radius 1 is 1.25 bits per heavy atom. The van der Waals surface area contributed by atoms with Crippen molar-refractivity contribution in [2.45, 2.75) is 52.7 Å². The van der Waals surface area contributed by atoms with Crippen molar-refractivity contribution in [1.29, 1.82) is 0 Å². The van der Waals surface area contributed by atoms with Crippen molar-refractivity contribution in [3.05, 3.63) is 0 Å². The summed E-state index contributed by atoms with van der Waals surface area (Å²) in [6, 6.07) is 0. The molecule has 0 aliphatic heterocycles. The molecule has 1 N–H and O–H groups in total. The number of ether oxygens (including phenoxy) is 1. The van der Waals surface area contributed by atoms with Crippen LogP contribution in [-0.4, -0.2) is 23.9 Å². The molecule has 0 aromatic rings. The van der Waals surface area contributed by atoms with Gasteiger partial charge in [-0.3, -0.25) is 0 Å². The van der Waals surface area contributed by atoms with Gasteiger partial charge in [0.25, 0.3) is 0 Å². The summed E-state index contributed by atoms with van der Waals surface area (Å²) >= 11 is 0. The van der Waals surface area contributed by atoms with Gasteiger partial charge in [-0.2, -0.15) is 0 Å². The molecule has 0 rings (SSSR count). The molecular formula is C10H22O2. The van der Waals surface area contributed by atoms with Gasteiger partial charge in [-0.05, 0) is 18.8 Å². The number of aliphatic hydroxyl groups is 1. The number of rotatable bonds is 6. The third kappa shape index (κ3) is 4.07. The molecular weight excluding hydrogens is 152 g/mol. The molecule has 2 heteroatoms. The summed E-state index contributed by atoms with van der Waals surface area (Å²) in [5.74, 6) is 0.395. The normalized spacial score (nSPS) is 16.5. The summed E-state index contributed by atoms with van der Waals surface area (Å²) in [6.07, 6.45) is 1.48. The number of hydrogen-bond donors (Lipinski definition) is 1. The van der Waals surface area contributed by atoms with Crippen LogP contribution in [0.4, 0.5) is 0 Å². The molecule has 0 spiro atoms. The van der Waals surface area contributed by atoms with E-state index in [4.69, 9.17) is 4.74 Å². The van der Waals surface area contributed by atoms with Crippen molar-refractivity contribution in [3.8, 4) is 0 Å². The molecule has 2 atom stereocenters. The summed E-state index contributed by atoms with van der Waals surface area (Å²) < 4.78 is 5.56. The summed E-state index contributed by atoms with van der Waals surface area (Å²) in [5.41, 5.74) is 0. The van der Waals surface area contributed by atoms with E-state index in [2.05, 4.69) is 20.8 Å². The first-order valence-electron chi connectivity index (χ1n) is 4.93. The molecule has 0 fully saturated rings. The van der Waals surface area contributed by atoms with E-state index in [1.165, 1.54) is 0 Å². The molecule has 0 radical (unpaired) electrons. The SMILES string of the molecule is CCCO[C@H](C(C)C)C(O)CC. The maximum atomic E-state index is 9.59. The summed E-state index contributed by atoms with van der Waals surface area (Å²) in [5, 5.41) is 9.59. The fraction of sp³-hybridized carbons (Fsp3) is 1.00. The topological polar surface area (TPSA) is 29.5 Å². The van der Waals surface area contributed by atoms with E-state index < -0.39 is 0 Å². The lowest BCUT2D eigenvalue weighted by atomic mass is 10.00. The van der Waals surface area contributed by atoms with Crippen molar-refractivity contribution < 1.29 is 9.84 Å². The quantitative estimate of drug-likeness (QED) is 0.669. The monoisotopic (exact) mass is 174 g/mol. The van der Waals surface area contributed by atoms with E-state index in [0.717, 1.165) is 19.4 Å². The van der Waals surface area contributed by atoms with Crippen molar-refractivity contribution in [3.63, 3.8) is 0 Å². The molecule has 0 aromatic carbocycles. The molecule has 0 aromatic heterocycles. The van der Waals surface area contributed by atoms with E-state index in [1.807, 2.05) is 6.92 Å². The molecule has 1 unspecified atom stereocenters. The van der Waals surface area contributed by atoms with E-state index >= 15 is 0 Å². The van der Waals surface area contributed by atoms with Crippen molar-refractivity contribution in [2.24, 2.45) is 5.92 Å². The molecule has 0 aliphatic rings. The van der Waals surface area contributed by atoms with E-state index in [1.54, 1.807) is 0 Å². The summed E-state index contributed by atoms with van der Waals surface area (Å²) in [7, 11) is 0. The van der Waals surface area contributed by atoms with E-state index in [9.17, 15) is 5.11 Å². The average molecular weight is 174 g/mol. The Morgan fingerprint density at radius 3 is 2.17 bits per heavy atom. The third-order valence-electron chi connectivity index (χ3n) is 1.97. The fourth-order valence-electron chi connectivity index (χ4n) is 1.23. The Kier molecular flexibility index (Phi) is 6.39. The predicted molar refractivity (Wildman–Crippen MR) is 51.2 cm³/mol. The Labute approximate surface area is 75.9 Å². The van der Waals surface area contributed by atoms with Gasteiger partial charge >= 0.3 is 0 Å². The van der Waals surface area contributed by atoms with Gasteiger partial charge in [0.15, 0.2) is 0 Å². The lowest BCUT2D eigenvalue weighted by Gasteiger charge is -2.25. The van der Waals surface area contributed by atoms with Crippen LogP contribution in [0.2, 0.25) is 0 Å². The van der Waals surface area contributed by atoms with Gasteiger partial charge in [0.05, 0.1) is 12.2 Å². The molecule has 0 bridgehead atoms. The molecule has 0 aliphatic carbocycles. The van der Waals surface area contributed by atoms with E-state index in [-0.39, 0.29) is 12.2 Å². The van der Waals surface area contributed by atoms with Gasteiger partial charge in [0, 0.05) is 6.61 Å². The molecule has 2 nitrogen and oxygen atoms in total. The van der Waals surface area contributed by atoms with Crippen LogP contribution in [0.25, 0.3) is 0 Å².